The number of rotatable bonds is 7. The van der Waals surface area contributed by atoms with Crippen LogP contribution in [0.15, 0.2) is 53.5 Å². The van der Waals surface area contributed by atoms with E-state index in [9.17, 15) is 0 Å². The highest BCUT2D eigenvalue weighted by Crippen LogP contribution is 2.31. The van der Waals surface area contributed by atoms with Crippen LogP contribution in [0.1, 0.15) is 18.1 Å². The van der Waals surface area contributed by atoms with Gasteiger partial charge >= 0.3 is 0 Å². The Morgan fingerprint density at radius 2 is 1.80 bits per heavy atom. The quantitative estimate of drug-likeness (QED) is 0.620. The summed E-state index contributed by atoms with van der Waals surface area (Å²) in [4.78, 5) is 6.88. The van der Waals surface area contributed by atoms with Crippen molar-refractivity contribution in [2.75, 3.05) is 27.8 Å². The minimum Gasteiger partial charge on any atom is -0.493 e. The van der Waals surface area contributed by atoms with E-state index >= 15 is 0 Å². The van der Waals surface area contributed by atoms with Crippen LogP contribution in [0.2, 0.25) is 0 Å². The molecule has 0 aliphatic rings. The van der Waals surface area contributed by atoms with Crippen LogP contribution in [0, 0.1) is 0 Å². The normalized spacial score (nSPS) is 11.1. The number of hydrogen-bond donors (Lipinski definition) is 1. The summed E-state index contributed by atoms with van der Waals surface area (Å²) in [6.45, 7) is 4.19. The number of ether oxygens (including phenoxy) is 2. The van der Waals surface area contributed by atoms with E-state index in [1.165, 1.54) is 5.56 Å². The van der Waals surface area contributed by atoms with Gasteiger partial charge in [-0.2, -0.15) is 0 Å². The molecule has 134 valence electrons. The maximum absolute atomic E-state index is 5.49. The molecule has 2 aromatic carbocycles. The van der Waals surface area contributed by atoms with Gasteiger partial charge in [0.05, 0.1) is 20.8 Å². The fourth-order valence-corrected chi connectivity index (χ4v) is 2.64. The van der Waals surface area contributed by atoms with Gasteiger partial charge in [0.15, 0.2) is 17.5 Å². The van der Waals surface area contributed by atoms with Gasteiger partial charge in [0.1, 0.15) is 0 Å². The van der Waals surface area contributed by atoms with E-state index in [4.69, 9.17) is 14.5 Å². The number of nitrogens with zero attached hydrogens (tertiary/aromatic N) is 2. The fourth-order valence-electron chi connectivity index (χ4n) is 2.64. The van der Waals surface area contributed by atoms with Gasteiger partial charge in [-0.3, -0.25) is 0 Å². The van der Waals surface area contributed by atoms with E-state index in [-0.39, 0.29) is 0 Å². The number of methoxy groups -OCH3 is 2. The second-order valence-electron chi connectivity index (χ2n) is 5.66. The predicted octanol–water partition coefficient (Wildman–Crippen LogP) is 3.30. The molecule has 0 saturated heterocycles. The van der Waals surface area contributed by atoms with Crippen LogP contribution in [-0.2, 0) is 13.1 Å². The summed E-state index contributed by atoms with van der Waals surface area (Å²) >= 11 is 0. The Kier molecular flexibility index (Phi) is 7.14. The van der Waals surface area contributed by atoms with Crippen LogP contribution in [0.5, 0.6) is 11.5 Å². The lowest BCUT2D eigenvalue weighted by molar-refractivity contribution is 0.351. The largest absolute Gasteiger partial charge is 0.493 e. The van der Waals surface area contributed by atoms with E-state index in [0.717, 1.165) is 36.1 Å². The summed E-state index contributed by atoms with van der Waals surface area (Å²) in [6.07, 6.45) is 0. The molecule has 0 heterocycles. The van der Waals surface area contributed by atoms with E-state index in [1.54, 1.807) is 14.2 Å². The van der Waals surface area contributed by atoms with Gasteiger partial charge in [0, 0.05) is 25.7 Å². The van der Waals surface area contributed by atoms with Crippen molar-refractivity contribution in [2.24, 2.45) is 4.99 Å². The van der Waals surface area contributed by atoms with Crippen molar-refractivity contribution in [1.29, 1.82) is 0 Å². The van der Waals surface area contributed by atoms with Crippen LogP contribution in [-0.4, -0.2) is 38.7 Å². The number of nitrogens with one attached hydrogen (secondary N) is 1. The molecule has 0 spiro atoms. The lowest BCUT2D eigenvalue weighted by Crippen LogP contribution is -2.38. The molecule has 25 heavy (non-hydrogen) atoms. The second-order valence-corrected chi connectivity index (χ2v) is 5.66. The topological polar surface area (TPSA) is 46.1 Å². The third kappa shape index (κ3) is 5.14. The predicted molar refractivity (Wildman–Crippen MR) is 102 cm³/mol. The Labute approximate surface area is 150 Å². The van der Waals surface area contributed by atoms with Crippen molar-refractivity contribution in [2.45, 2.75) is 20.0 Å². The summed E-state index contributed by atoms with van der Waals surface area (Å²) in [6, 6.07) is 16.2. The van der Waals surface area contributed by atoms with Gasteiger partial charge in [-0.05, 0) is 18.6 Å². The fraction of sp³-hybridized carbons (Fsp3) is 0.350. The van der Waals surface area contributed by atoms with Crippen molar-refractivity contribution < 1.29 is 9.47 Å². The molecule has 0 atom stereocenters. The van der Waals surface area contributed by atoms with Crippen LogP contribution in [0.25, 0.3) is 0 Å². The summed E-state index contributed by atoms with van der Waals surface area (Å²) in [5.41, 5.74) is 2.24. The molecule has 5 heteroatoms. The van der Waals surface area contributed by atoms with E-state index in [0.29, 0.717) is 6.54 Å². The summed E-state index contributed by atoms with van der Waals surface area (Å²) < 4.78 is 10.8. The van der Waals surface area contributed by atoms with E-state index in [2.05, 4.69) is 29.3 Å². The molecular weight excluding hydrogens is 314 g/mol. The number of benzene rings is 2. The van der Waals surface area contributed by atoms with Gasteiger partial charge in [0.2, 0.25) is 0 Å². The first-order chi connectivity index (χ1) is 12.2. The highest BCUT2D eigenvalue weighted by molar-refractivity contribution is 5.79. The minimum absolute atomic E-state index is 0.516. The molecule has 2 rings (SSSR count). The lowest BCUT2D eigenvalue weighted by atomic mass is 10.2. The maximum atomic E-state index is 5.49. The lowest BCUT2D eigenvalue weighted by Gasteiger charge is -2.22. The van der Waals surface area contributed by atoms with Crippen LogP contribution < -0.4 is 14.8 Å². The smallest absolute Gasteiger partial charge is 0.194 e. The number of guanidine groups is 1. The Hall–Kier alpha value is -2.69. The number of aliphatic imine (C=N–C) groups is 1. The molecule has 0 amide bonds. The average molecular weight is 341 g/mol. The maximum Gasteiger partial charge on any atom is 0.194 e. The third-order valence-corrected chi connectivity index (χ3v) is 3.84. The van der Waals surface area contributed by atoms with Crippen LogP contribution in [0.4, 0.5) is 0 Å². The van der Waals surface area contributed by atoms with Crippen molar-refractivity contribution in [3.8, 4) is 11.5 Å². The van der Waals surface area contributed by atoms with Crippen molar-refractivity contribution >= 4 is 5.96 Å². The zero-order chi connectivity index (χ0) is 18.1. The summed E-state index contributed by atoms with van der Waals surface area (Å²) in [7, 11) is 5.33. The number of hydrogen-bond acceptors (Lipinski definition) is 3. The molecule has 2 aromatic rings. The molecule has 0 saturated carbocycles. The molecule has 0 aliphatic carbocycles. The SMILES string of the molecule is CCNC(=NCc1cccc(OC)c1OC)N(C)Cc1ccccc1. The number of para-hydroxylation sites is 1. The average Bonchev–Trinajstić information content (AvgIpc) is 2.65. The Bertz CT molecular complexity index is 687. The molecule has 0 aliphatic heterocycles. The molecule has 5 nitrogen and oxygen atoms in total. The Balaban J connectivity index is 2.17. The molecular formula is C20H27N3O2. The van der Waals surface area contributed by atoms with E-state index in [1.807, 2.05) is 43.4 Å². The molecule has 0 bridgehead atoms. The molecule has 0 aromatic heterocycles. The van der Waals surface area contributed by atoms with Crippen molar-refractivity contribution in [3.05, 3.63) is 59.7 Å². The van der Waals surface area contributed by atoms with Gasteiger partial charge < -0.3 is 19.7 Å². The monoisotopic (exact) mass is 341 g/mol. The molecule has 1 N–H and O–H groups in total. The van der Waals surface area contributed by atoms with Crippen LogP contribution >= 0.6 is 0 Å². The molecule has 0 fully saturated rings. The highest BCUT2D eigenvalue weighted by Gasteiger charge is 2.11. The first-order valence-electron chi connectivity index (χ1n) is 8.42. The standard InChI is InChI=1S/C20H27N3O2/c1-5-21-20(23(2)15-16-10-7-6-8-11-16)22-14-17-12-9-13-18(24-3)19(17)25-4/h6-13H,5,14-15H2,1-4H3,(H,21,22). The zero-order valence-electron chi connectivity index (χ0n) is 15.5. The minimum atomic E-state index is 0.516. The van der Waals surface area contributed by atoms with Crippen molar-refractivity contribution in [3.63, 3.8) is 0 Å². The molecule has 0 unspecified atom stereocenters. The highest BCUT2D eigenvalue weighted by atomic mass is 16.5. The van der Waals surface area contributed by atoms with Gasteiger partial charge in [0.25, 0.3) is 0 Å². The Morgan fingerprint density at radius 1 is 1.04 bits per heavy atom. The summed E-state index contributed by atoms with van der Waals surface area (Å²) in [5.74, 6) is 2.31. The second kappa shape index (κ2) is 9.57. The zero-order valence-corrected chi connectivity index (χ0v) is 15.5. The van der Waals surface area contributed by atoms with Gasteiger partial charge in [-0.15, -0.1) is 0 Å². The van der Waals surface area contributed by atoms with E-state index < -0.39 is 0 Å². The van der Waals surface area contributed by atoms with Gasteiger partial charge in [-0.25, -0.2) is 4.99 Å². The first kappa shape index (κ1) is 18.6. The van der Waals surface area contributed by atoms with Gasteiger partial charge in [-0.1, -0.05) is 42.5 Å². The van der Waals surface area contributed by atoms with Crippen LogP contribution in [0.3, 0.4) is 0 Å². The molecule has 0 radical (unpaired) electrons. The summed E-state index contributed by atoms with van der Waals surface area (Å²) in [5, 5.41) is 3.34. The Morgan fingerprint density at radius 3 is 2.44 bits per heavy atom. The van der Waals surface area contributed by atoms with Crippen molar-refractivity contribution in [1.82, 2.24) is 10.2 Å². The first-order valence-corrected chi connectivity index (χ1v) is 8.42. The third-order valence-electron chi connectivity index (χ3n) is 3.84.